The monoisotopic (exact) mass is 445 g/mol. The van der Waals surface area contributed by atoms with Gasteiger partial charge in [-0.05, 0) is 25.0 Å². The number of aliphatic imine (C=N–C) groups is 1. The van der Waals surface area contributed by atoms with Crippen molar-refractivity contribution in [1.29, 1.82) is 0 Å². The Morgan fingerprint density at radius 1 is 1.38 bits per heavy atom. The number of hydrogen-bond donors (Lipinski definition) is 1. The molecule has 0 radical (unpaired) electrons. The lowest BCUT2D eigenvalue weighted by atomic mass is 10.1. The van der Waals surface area contributed by atoms with Crippen LogP contribution in [0.2, 0.25) is 0 Å². The summed E-state index contributed by atoms with van der Waals surface area (Å²) in [6.07, 6.45) is 2.23. The summed E-state index contributed by atoms with van der Waals surface area (Å²) in [6.45, 7) is 6.39. The second-order valence-electron chi connectivity index (χ2n) is 6.36. The molecule has 1 fully saturated rings. The molecule has 2 heterocycles. The molecule has 6 heteroatoms. The summed E-state index contributed by atoms with van der Waals surface area (Å²) in [5.41, 5.74) is 1.29. The third-order valence-electron chi connectivity index (χ3n) is 4.41. The number of ether oxygens (including phenoxy) is 2. The van der Waals surface area contributed by atoms with E-state index in [9.17, 15) is 0 Å². The summed E-state index contributed by atoms with van der Waals surface area (Å²) in [6, 6.07) is 8.26. The number of halogens is 1. The van der Waals surface area contributed by atoms with Gasteiger partial charge in [0.15, 0.2) is 5.96 Å². The van der Waals surface area contributed by atoms with Crippen molar-refractivity contribution >= 4 is 29.9 Å². The Morgan fingerprint density at radius 3 is 2.92 bits per heavy atom. The second-order valence-corrected chi connectivity index (χ2v) is 6.36. The van der Waals surface area contributed by atoms with E-state index >= 15 is 0 Å². The van der Waals surface area contributed by atoms with E-state index in [1.807, 2.05) is 12.1 Å². The van der Waals surface area contributed by atoms with Crippen LogP contribution in [0.3, 0.4) is 0 Å². The van der Waals surface area contributed by atoms with Gasteiger partial charge < -0.3 is 19.7 Å². The van der Waals surface area contributed by atoms with Crippen LogP contribution in [0, 0.1) is 5.92 Å². The molecule has 0 aliphatic carbocycles. The van der Waals surface area contributed by atoms with Gasteiger partial charge in [0, 0.05) is 39.1 Å². The Kier molecular flexibility index (Phi) is 7.61. The van der Waals surface area contributed by atoms with Crippen molar-refractivity contribution in [3.63, 3.8) is 0 Å². The number of hydrogen-bond acceptors (Lipinski definition) is 3. The summed E-state index contributed by atoms with van der Waals surface area (Å²) < 4.78 is 11.4. The lowest BCUT2D eigenvalue weighted by Crippen LogP contribution is -2.42. The summed E-state index contributed by atoms with van der Waals surface area (Å²) >= 11 is 0. The molecule has 0 amide bonds. The highest BCUT2D eigenvalue weighted by molar-refractivity contribution is 14.0. The summed E-state index contributed by atoms with van der Waals surface area (Å²) in [4.78, 5) is 7.00. The summed E-state index contributed by atoms with van der Waals surface area (Å²) in [5, 5.41) is 3.38. The zero-order valence-corrected chi connectivity index (χ0v) is 16.9. The third kappa shape index (κ3) is 4.99. The van der Waals surface area contributed by atoms with Crippen molar-refractivity contribution in [2.75, 3.05) is 39.9 Å². The first-order valence-corrected chi connectivity index (χ1v) is 8.58. The second kappa shape index (κ2) is 9.46. The number of rotatable bonds is 5. The smallest absolute Gasteiger partial charge is 0.193 e. The molecule has 1 N–H and O–H groups in total. The molecule has 2 atom stereocenters. The van der Waals surface area contributed by atoms with Gasteiger partial charge in [-0.1, -0.05) is 18.2 Å². The Bertz CT molecular complexity index is 522. The zero-order chi connectivity index (χ0) is 16.1. The van der Waals surface area contributed by atoms with Crippen molar-refractivity contribution in [3.8, 4) is 5.75 Å². The molecule has 3 rings (SSSR count). The molecule has 5 nitrogen and oxygen atoms in total. The minimum absolute atomic E-state index is 0. The first-order chi connectivity index (χ1) is 11.3. The number of fused-ring (bicyclic) bond motifs is 1. The summed E-state index contributed by atoms with van der Waals surface area (Å²) in [7, 11) is 2.10. The maximum atomic E-state index is 5.98. The Hall–Kier alpha value is -1.02. The van der Waals surface area contributed by atoms with E-state index in [1.165, 1.54) is 5.56 Å². The largest absolute Gasteiger partial charge is 0.488 e. The maximum Gasteiger partial charge on any atom is 0.193 e. The molecule has 2 unspecified atom stereocenters. The van der Waals surface area contributed by atoms with Crippen LogP contribution in [0.4, 0.5) is 0 Å². The lowest BCUT2D eigenvalue weighted by Gasteiger charge is -2.24. The molecule has 0 aromatic heterocycles. The minimum atomic E-state index is 0. The van der Waals surface area contributed by atoms with Crippen LogP contribution >= 0.6 is 24.0 Å². The van der Waals surface area contributed by atoms with Gasteiger partial charge in [0.2, 0.25) is 0 Å². The highest BCUT2D eigenvalue weighted by atomic mass is 127. The molecular weight excluding hydrogens is 417 g/mol. The predicted molar refractivity (Wildman–Crippen MR) is 108 cm³/mol. The molecule has 24 heavy (non-hydrogen) atoms. The van der Waals surface area contributed by atoms with Crippen molar-refractivity contribution in [3.05, 3.63) is 29.8 Å². The van der Waals surface area contributed by atoms with Crippen LogP contribution < -0.4 is 10.1 Å². The van der Waals surface area contributed by atoms with E-state index in [0.717, 1.165) is 50.9 Å². The lowest BCUT2D eigenvalue weighted by molar-refractivity contribution is 0.181. The predicted octanol–water partition coefficient (Wildman–Crippen LogP) is 2.54. The van der Waals surface area contributed by atoms with Crippen molar-refractivity contribution < 1.29 is 9.47 Å². The molecule has 134 valence electrons. The van der Waals surface area contributed by atoms with Gasteiger partial charge in [-0.3, -0.25) is 0 Å². The van der Waals surface area contributed by atoms with Crippen LogP contribution in [0.25, 0.3) is 0 Å². The van der Waals surface area contributed by atoms with Gasteiger partial charge >= 0.3 is 0 Å². The van der Waals surface area contributed by atoms with Gasteiger partial charge in [0.05, 0.1) is 13.2 Å². The Balaban J connectivity index is 0.00000208. The average Bonchev–Trinajstić information content (AvgIpc) is 3.19. The van der Waals surface area contributed by atoms with E-state index in [0.29, 0.717) is 12.5 Å². The first-order valence-electron chi connectivity index (χ1n) is 8.58. The van der Waals surface area contributed by atoms with Crippen molar-refractivity contribution in [2.24, 2.45) is 10.9 Å². The quantitative estimate of drug-likeness (QED) is 0.430. The molecule has 1 aromatic carbocycles. The van der Waals surface area contributed by atoms with Gasteiger partial charge in [0.25, 0.3) is 0 Å². The zero-order valence-electron chi connectivity index (χ0n) is 14.5. The van der Waals surface area contributed by atoms with E-state index in [1.54, 1.807) is 0 Å². The number of para-hydroxylation sites is 1. The number of nitrogens with one attached hydrogen (secondary N) is 1. The van der Waals surface area contributed by atoms with Gasteiger partial charge in [-0.15, -0.1) is 24.0 Å². The highest BCUT2D eigenvalue weighted by Gasteiger charge is 2.23. The van der Waals surface area contributed by atoms with E-state index in [-0.39, 0.29) is 30.1 Å². The molecular formula is C18H28IN3O2. The van der Waals surface area contributed by atoms with Crippen LogP contribution in [0.5, 0.6) is 5.75 Å². The van der Waals surface area contributed by atoms with Gasteiger partial charge in [-0.2, -0.15) is 0 Å². The summed E-state index contributed by atoms with van der Waals surface area (Å²) in [5.74, 6) is 2.57. The fraction of sp³-hybridized carbons (Fsp3) is 0.611. The number of nitrogens with zero attached hydrogens (tertiary/aromatic N) is 2. The molecule has 1 aromatic rings. The van der Waals surface area contributed by atoms with Gasteiger partial charge in [0.1, 0.15) is 11.9 Å². The van der Waals surface area contributed by atoms with E-state index < -0.39 is 0 Å². The van der Waals surface area contributed by atoms with Crippen molar-refractivity contribution in [1.82, 2.24) is 10.2 Å². The van der Waals surface area contributed by atoms with Crippen LogP contribution in [0.1, 0.15) is 18.9 Å². The molecule has 0 saturated carbocycles. The Morgan fingerprint density at radius 2 is 2.21 bits per heavy atom. The molecule has 2 aliphatic heterocycles. The van der Waals surface area contributed by atoms with Crippen molar-refractivity contribution in [2.45, 2.75) is 25.9 Å². The highest BCUT2D eigenvalue weighted by Crippen LogP contribution is 2.28. The topological polar surface area (TPSA) is 46.1 Å². The maximum absolute atomic E-state index is 5.98. The van der Waals surface area contributed by atoms with E-state index in [4.69, 9.17) is 14.5 Å². The minimum Gasteiger partial charge on any atom is -0.488 e. The molecule has 1 saturated heterocycles. The standard InChI is InChI=1S/C18H27N3O2.HI/c1-3-19-18(21(2)12-14-8-9-22-13-14)20-11-16-10-15-6-4-5-7-17(15)23-16;/h4-7,14,16H,3,8-13H2,1-2H3,(H,19,20);1H. The van der Waals surface area contributed by atoms with Crippen LogP contribution in [0.15, 0.2) is 29.3 Å². The van der Waals surface area contributed by atoms with E-state index in [2.05, 4.69) is 36.3 Å². The number of guanidine groups is 1. The molecule has 0 bridgehead atoms. The fourth-order valence-corrected chi connectivity index (χ4v) is 3.21. The SMILES string of the molecule is CCNC(=NCC1Cc2ccccc2O1)N(C)CC1CCOC1.I. The Labute approximate surface area is 161 Å². The van der Waals surface area contributed by atoms with Crippen LogP contribution in [-0.2, 0) is 11.2 Å². The number of benzene rings is 1. The first kappa shape index (κ1) is 19.3. The normalized spacial score (nSPS) is 22.5. The fourth-order valence-electron chi connectivity index (χ4n) is 3.21. The molecule has 0 spiro atoms. The molecule has 2 aliphatic rings. The average molecular weight is 445 g/mol. The van der Waals surface area contributed by atoms with Gasteiger partial charge in [-0.25, -0.2) is 4.99 Å². The van der Waals surface area contributed by atoms with Crippen LogP contribution in [-0.4, -0.2) is 56.9 Å². The third-order valence-corrected chi connectivity index (χ3v) is 4.41.